The van der Waals surface area contributed by atoms with E-state index in [-0.39, 0.29) is 12.4 Å². The molecule has 3 rings (SSSR count). The monoisotopic (exact) mass is 449 g/mol. The summed E-state index contributed by atoms with van der Waals surface area (Å²) in [7, 11) is 1.56. The van der Waals surface area contributed by atoms with Crippen LogP contribution in [0.15, 0.2) is 52.8 Å². The van der Waals surface area contributed by atoms with Crippen LogP contribution in [0.25, 0.3) is 11.3 Å². The SMILES string of the molecule is COc1cc(Cl)ccc1/N=c1/scc(-c2ccc(F)cc2)n1CCCNCC(=O)O. The molecule has 158 valence electrons. The fourth-order valence-electron chi connectivity index (χ4n) is 2.89. The molecular weight excluding hydrogens is 429 g/mol. The number of rotatable bonds is 9. The van der Waals surface area contributed by atoms with Gasteiger partial charge in [0.25, 0.3) is 0 Å². The third-order valence-corrected chi connectivity index (χ3v) is 5.41. The van der Waals surface area contributed by atoms with E-state index in [0.717, 1.165) is 16.1 Å². The molecule has 0 aliphatic rings. The number of ether oxygens (including phenoxy) is 1. The molecule has 0 aliphatic carbocycles. The first kappa shape index (κ1) is 22.0. The lowest BCUT2D eigenvalue weighted by Crippen LogP contribution is -2.25. The zero-order chi connectivity index (χ0) is 21.5. The van der Waals surface area contributed by atoms with E-state index in [2.05, 4.69) is 5.32 Å². The maximum absolute atomic E-state index is 13.4. The van der Waals surface area contributed by atoms with E-state index in [9.17, 15) is 9.18 Å². The number of aliphatic carboxylic acids is 1. The Morgan fingerprint density at radius 2 is 2.07 bits per heavy atom. The van der Waals surface area contributed by atoms with Gasteiger partial charge in [0.05, 0.1) is 19.3 Å². The van der Waals surface area contributed by atoms with Gasteiger partial charge in [-0.25, -0.2) is 9.38 Å². The lowest BCUT2D eigenvalue weighted by atomic mass is 10.1. The Kier molecular flexibility index (Phi) is 7.62. The highest BCUT2D eigenvalue weighted by atomic mass is 35.5. The number of hydrogen-bond donors (Lipinski definition) is 2. The number of nitrogens with zero attached hydrogens (tertiary/aromatic N) is 2. The van der Waals surface area contributed by atoms with Crippen molar-refractivity contribution in [2.24, 2.45) is 4.99 Å². The van der Waals surface area contributed by atoms with Crippen molar-refractivity contribution in [1.29, 1.82) is 0 Å². The number of carboxylic acid groups (broad SMARTS) is 1. The summed E-state index contributed by atoms with van der Waals surface area (Å²) in [5.74, 6) is -0.626. The standard InChI is InChI=1S/C21H21ClFN3O3S/c1-29-19-11-15(22)5-8-17(19)25-21-26(10-2-9-24-12-20(27)28)18(13-30-21)14-3-6-16(23)7-4-14/h3-8,11,13,24H,2,9-10,12H2,1H3,(H,27,28)/b25-21+. The van der Waals surface area contributed by atoms with E-state index in [1.54, 1.807) is 37.4 Å². The summed E-state index contributed by atoms with van der Waals surface area (Å²) < 4.78 is 20.8. The first-order valence-corrected chi connectivity index (χ1v) is 10.5. The third-order valence-electron chi connectivity index (χ3n) is 4.31. The predicted molar refractivity (Wildman–Crippen MR) is 116 cm³/mol. The molecule has 0 saturated carbocycles. The summed E-state index contributed by atoms with van der Waals surface area (Å²) in [5.41, 5.74) is 2.42. The van der Waals surface area contributed by atoms with Crippen LogP contribution in [0.2, 0.25) is 5.02 Å². The summed E-state index contributed by atoms with van der Waals surface area (Å²) in [6, 6.07) is 11.5. The van der Waals surface area contributed by atoms with E-state index in [0.29, 0.717) is 36.0 Å². The van der Waals surface area contributed by atoms with Crippen LogP contribution in [-0.2, 0) is 11.3 Å². The fourth-order valence-corrected chi connectivity index (χ4v) is 4.00. The summed E-state index contributed by atoms with van der Waals surface area (Å²) in [5, 5.41) is 14.2. The van der Waals surface area contributed by atoms with Crippen LogP contribution in [0.1, 0.15) is 6.42 Å². The molecule has 2 aromatic carbocycles. The molecule has 0 atom stereocenters. The highest BCUT2D eigenvalue weighted by Gasteiger charge is 2.10. The maximum Gasteiger partial charge on any atom is 0.317 e. The smallest absolute Gasteiger partial charge is 0.317 e. The average molecular weight is 450 g/mol. The normalized spacial score (nSPS) is 11.6. The van der Waals surface area contributed by atoms with Crippen molar-refractivity contribution in [1.82, 2.24) is 9.88 Å². The van der Waals surface area contributed by atoms with Gasteiger partial charge in [0.2, 0.25) is 0 Å². The molecule has 0 bridgehead atoms. The van der Waals surface area contributed by atoms with Crippen LogP contribution in [0.4, 0.5) is 10.1 Å². The number of hydrogen-bond acceptors (Lipinski definition) is 5. The molecule has 3 aromatic rings. The highest BCUT2D eigenvalue weighted by Crippen LogP contribution is 2.30. The number of methoxy groups -OCH3 is 1. The molecule has 0 radical (unpaired) electrons. The van der Waals surface area contributed by atoms with E-state index in [1.807, 2.05) is 9.95 Å². The molecule has 2 N–H and O–H groups in total. The lowest BCUT2D eigenvalue weighted by molar-refractivity contribution is -0.135. The van der Waals surface area contributed by atoms with Crippen LogP contribution in [-0.4, -0.2) is 35.8 Å². The van der Waals surface area contributed by atoms with Gasteiger partial charge in [0.15, 0.2) is 4.80 Å². The number of thiazole rings is 1. The zero-order valence-corrected chi connectivity index (χ0v) is 17.8. The molecule has 0 amide bonds. The number of nitrogens with one attached hydrogen (secondary N) is 1. The number of aromatic nitrogens is 1. The van der Waals surface area contributed by atoms with Crippen molar-refractivity contribution in [3.05, 3.63) is 63.5 Å². The Morgan fingerprint density at radius 1 is 1.30 bits per heavy atom. The van der Waals surface area contributed by atoms with Gasteiger partial charge in [-0.15, -0.1) is 11.3 Å². The van der Waals surface area contributed by atoms with Crippen LogP contribution in [0.5, 0.6) is 5.75 Å². The minimum Gasteiger partial charge on any atom is -0.494 e. The second-order valence-corrected chi connectivity index (χ2v) is 7.69. The molecule has 0 unspecified atom stereocenters. The zero-order valence-electron chi connectivity index (χ0n) is 16.3. The van der Waals surface area contributed by atoms with Crippen molar-refractivity contribution in [2.45, 2.75) is 13.0 Å². The Morgan fingerprint density at radius 3 is 2.77 bits per heavy atom. The number of carbonyl (C=O) groups is 1. The van der Waals surface area contributed by atoms with Crippen LogP contribution >= 0.6 is 22.9 Å². The van der Waals surface area contributed by atoms with Gasteiger partial charge in [-0.2, -0.15) is 0 Å². The highest BCUT2D eigenvalue weighted by molar-refractivity contribution is 7.07. The largest absolute Gasteiger partial charge is 0.494 e. The van der Waals surface area contributed by atoms with Crippen molar-refractivity contribution < 1.29 is 19.0 Å². The Labute approximate surface area is 182 Å². The van der Waals surface area contributed by atoms with Crippen LogP contribution in [0, 0.1) is 5.82 Å². The van der Waals surface area contributed by atoms with Crippen molar-refractivity contribution >= 4 is 34.6 Å². The van der Waals surface area contributed by atoms with Crippen molar-refractivity contribution in [3.8, 4) is 17.0 Å². The van der Waals surface area contributed by atoms with Gasteiger partial charge in [0.1, 0.15) is 17.3 Å². The van der Waals surface area contributed by atoms with Gasteiger partial charge < -0.3 is 19.7 Å². The van der Waals surface area contributed by atoms with Crippen LogP contribution < -0.4 is 14.9 Å². The Hall–Kier alpha value is -2.68. The van der Waals surface area contributed by atoms with E-state index in [1.165, 1.54) is 23.5 Å². The molecule has 0 fully saturated rings. The van der Waals surface area contributed by atoms with Gasteiger partial charge in [-0.1, -0.05) is 11.6 Å². The molecule has 0 spiro atoms. The molecule has 0 aliphatic heterocycles. The topological polar surface area (TPSA) is 75.8 Å². The Bertz CT molecular complexity index is 1080. The summed E-state index contributed by atoms with van der Waals surface area (Å²) in [6.45, 7) is 1.07. The summed E-state index contributed by atoms with van der Waals surface area (Å²) >= 11 is 7.51. The number of halogens is 2. The Balaban J connectivity index is 1.96. The van der Waals surface area contributed by atoms with Gasteiger partial charge in [0, 0.05) is 23.0 Å². The van der Waals surface area contributed by atoms with E-state index < -0.39 is 5.97 Å². The molecule has 0 saturated heterocycles. The maximum atomic E-state index is 13.4. The molecular formula is C21H21ClFN3O3S. The predicted octanol–water partition coefficient (Wildman–Crippen LogP) is 4.31. The molecule has 1 aromatic heterocycles. The van der Waals surface area contributed by atoms with Crippen LogP contribution in [0.3, 0.4) is 0 Å². The van der Waals surface area contributed by atoms with Gasteiger partial charge in [-0.05, 0) is 54.9 Å². The van der Waals surface area contributed by atoms with Gasteiger partial charge in [-0.3, -0.25) is 4.79 Å². The van der Waals surface area contributed by atoms with Crippen molar-refractivity contribution in [2.75, 3.05) is 20.2 Å². The van der Waals surface area contributed by atoms with E-state index >= 15 is 0 Å². The average Bonchev–Trinajstić information content (AvgIpc) is 3.11. The minimum atomic E-state index is -0.893. The second kappa shape index (κ2) is 10.4. The third kappa shape index (κ3) is 5.69. The van der Waals surface area contributed by atoms with Gasteiger partial charge >= 0.3 is 5.97 Å². The van der Waals surface area contributed by atoms with E-state index in [4.69, 9.17) is 26.4 Å². The first-order chi connectivity index (χ1) is 14.5. The second-order valence-electron chi connectivity index (χ2n) is 6.41. The molecule has 30 heavy (non-hydrogen) atoms. The minimum absolute atomic E-state index is 0.0850. The molecule has 1 heterocycles. The lowest BCUT2D eigenvalue weighted by Gasteiger charge is -2.10. The van der Waals surface area contributed by atoms with Crippen molar-refractivity contribution in [3.63, 3.8) is 0 Å². The number of benzene rings is 2. The summed E-state index contributed by atoms with van der Waals surface area (Å²) in [6.07, 6.45) is 0.698. The number of carboxylic acids is 1. The fraction of sp³-hybridized carbons (Fsp3) is 0.238. The first-order valence-electron chi connectivity index (χ1n) is 9.23. The molecule has 6 nitrogen and oxygen atoms in total. The summed E-state index contributed by atoms with van der Waals surface area (Å²) in [4.78, 5) is 16.2. The molecule has 9 heteroatoms. The quantitative estimate of drug-likeness (QED) is 0.477.